The molecule has 0 saturated heterocycles. The van der Waals surface area contributed by atoms with Gasteiger partial charge in [0.15, 0.2) is 0 Å². The van der Waals surface area contributed by atoms with Crippen molar-refractivity contribution in [2.24, 2.45) is 0 Å². The van der Waals surface area contributed by atoms with Crippen LogP contribution in [0.4, 0.5) is 5.69 Å². The molecular formula is C30H32N2O. The fourth-order valence-electron chi connectivity index (χ4n) is 4.72. The number of para-hydroxylation sites is 1. The average Bonchev–Trinajstić information content (AvgIpc) is 3.17. The van der Waals surface area contributed by atoms with Crippen molar-refractivity contribution in [2.75, 3.05) is 11.5 Å². The number of nitrogens with zero attached hydrogens (tertiary/aromatic N) is 2. The first-order valence-electron chi connectivity index (χ1n) is 12.1. The minimum atomic E-state index is 0.276. The lowest BCUT2D eigenvalue weighted by Gasteiger charge is -2.36. The lowest BCUT2D eigenvalue weighted by molar-refractivity contribution is 0.251. The molecule has 33 heavy (non-hydrogen) atoms. The molecule has 1 aromatic rings. The van der Waals surface area contributed by atoms with Crippen molar-refractivity contribution in [3.05, 3.63) is 126 Å². The molecule has 0 bridgehead atoms. The Labute approximate surface area is 197 Å². The van der Waals surface area contributed by atoms with E-state index >= 15 is 0 Å². The van der Waals surface area contributed by atoms with Crippen LogP contribution in [0.15, 0.2) is 126 Å². The summed E-state index contributed by atoms with van der Waals surface area (Å²) in [4.78, 5) is 4.80. The van der Waals surface area contributed by atoms with Crippen LogP contribution in [0.2, 0.25) is 0 Å². The maximum atomic E-state index is 5.77. The molecule has 0 saturated carbocycles. The molecule has 1 aromatic carbocycles. The van der Waals surface area contributed by atoms with Crippen LogP contribution >= 0.6 is 0 Å². The Kier molecular flexibility index (Phi) is 6.77. The fraction of sp³-hybridized carbons (Fsp3) is 0.267. The van der Waals surface area contributed by atoms with Crippen LogP contribution in [0.25, 0.3) is 0 Å². The molecule has 3 heteroatoms. The molecule has 0 spiro atoms. The van der Waals surface area contributed by atoms with Crippen LogP contribution in [0.1, 0.15) is 38.5 Å². The van der Waals surface area contributed by atoms with Crippen molar-refractivity contribution in [3.63, 3.8) is 0 Å². The number of rotatable bonds is 6. The van der Waals surface area contributed by atoms with Crippen molar-refractivity contribution in [1.29, 1.82) is 0 Å². The van der Waals surface area contributed by atoms with Gasteiger partial charge in [0.1, 0.15) is 6.26 Å². The van der Waals surface area contributed by atoms with Crippen molar-refractivity contribution < 1.29 is 4.74 Å². The molecule has 1 heterocycles. The van der Waals surface area contributed by atoms with E-state index in [0.717, 1.165) is 50.8 Å². The summed E-state index contributed by atoms with van der Waals surface area (Å²) in [6.45, 7) is 0.731. The van der Waals surface area contributed by atoms with Crippen LogP contribution in [-0.4, -0.2) is 17.5 Å². The molecule has 3 aliphatic carbocycles. The topological polar surface area (TPSA) is 15.7 Å². The second kappa shape index (κ2) is 10.4. The van der Waals surface area contributed by atoms with Gasteiger partial charge in [-0.3, -0.25) is 0 Å². The Morgan fingerprint density at radius 1 is 0.667 bits per heavy atom. The Bertz CT molecular complexity index is 1080. The summed E-state index contributed by atoms with van der Waals surface area (Å²) in [6.07, 6.45) is 33.3. The summed E-state index contributed by atoms with van der Waals surface area (Å²) in [5.41, 5.74) is 6.02. The van der Waals surface area contributed by atoms with E-state index in [-0.39, 0.29) is 6.04 Å². The molecule has 1 unspecified atom stereocenters. The Balaban J connectivity index is 1.44. The zero-order valence-corrected chi connectivity index (χ0v) is 19.1. The highest BCUT2D eigenvalue weighted by atomic mass is 16.5. The minimum absolute atomic E-state index is 0.276. The molecule has 168 valence electrons. The summed E-state index contributed by atoms with van der Waals surface area (Å²) in [5, 5.41) is 0. The van der Waals surface area contributed by atoms with Crippen molar-refractivity contribution in [1.82, 2.24) is 4.90 Å². The maximum Gasteiger partial charge on any atom is 0.107 e. The van der Waals surface area contributed by atoms with Crippen molar-refractivity contribution in [3.8, 4) is 0 Å². The van der Waals surface area contributed by atoms with Crippen LogP contribution in [0.3, 0.4) is 0 Å². The van der Waals surface area contributed by atoms with Gasteiger partial charge in [-0.2, -0.15) is 0 Å². The second-order valence-electron chi connectivity index (χ2n) is 8.65. The van der Waals surface area contributed by atoms with Crippen molar-refractivity contribution >= 4 is 5.69 Å². The quantitative estimate of drug-likeness (QED) is 0.465. The van der Waals surface area contributed by atoms with Crippen molar-refractivity contribution in [2.45, 2.75) is 44.6 Å². The first-order valence-corrected chi connectivity index (χ1v) is 12.1. The third-order valence-corrected chi connectivity index (χ3v) is 6.32. The molecule has 0 radical (unpaired) electrons. The molecule has 3 nitrogen and oxygen atoms in total. The summed E-state index contributed by atoms with van der Waals surface area (Å²) in [6, 6.07) is 11.0. The zero-order chi connectivity index (χ0) is 22.3. The first kappa shape index (κ1) is 21.4. The van der Waals surface area contributed by atoms with Gasteiger partial charge in [-0.25, -0.2) is 0 Å². The highest BCUT2D eigenvalue weighted by Gasteiger charge is 2.24. The number of anilines is 1. The number of hydrogen-bond acceptors (Lipinski definition) is 3. The normalized spacial score (nSPS) is 21.9. The van der Waals surface area contributed by atoms with Crippen LogP contribution in [-0.2, 0) is 4.74 Å². The van der Waals surface area contributed by atoms with Crippen LogP contribution in [0.5, 0.6) is 0 Å². The van der Waals surface area contributed by atoms with E-state index in [1.807, 2.05) is 6.26 Å². The molecule has 0 fully saturated rings. The number of hydrogen-bond donors (Lipinski definition) is 0. The molecular weight excluding hydrogens is 404 g/mol. The minimum Gasteiger partial charge on any atom is -0.499 e. The summed E-state index contributed by atoms with van der Waals surface area (Å²) in [5.74, 6) is 0. The summed E-state index contributed by atoms with van der Waals surface area (Å²) in [7, 11) is 0. The van der Waals surface area contributed by atoms with Gasteiger partial charge < -0.3 is 14.5 Å². The van der Waals surface area contributed by atoms with Gasteiger partial charge in [0.25, 0.3) is 0 Å². The van der Waals surface area contributed by atoms with Gasteiger partial charge in [0.05, 0.1) is 18.3 Å². The molecule has 5 rings (SSSR count). The molecule has 4 aliphatic rings. The van der Waals surface area contributed by atoms with Gasteiger partial charge in [0, 0.05) is 22.8 Å². The largest absolute Gasteiger partial charge is 0.499 e. The van der Waals surface area contributed by atoms with E-state index < -0.39 is 0 Å². The Morgan fingerprint density at radius 3 is 2.06 bits per heavy atom. The van der Waals surface area contributed by atoms with E-state index in [2.05, 4.69) is 107 Å². The van der Waals surface area contributed by atoms with E-state index in [4.69, 9.17) is 4.74 Å². The standard InChI is InChI=1S/C30H32N2O/c1-4-12-25(13-5-1)31(26-14-6-2-7-15-26)28-19-21-29(22-20-28)32(27-16-8-3-9-17-27)30-18-10-11-23-33-24-30/h1,4-6,8,10,12-19,21-22,24,28H,2-3,7,9,11,20,23H2. The molecule has 0 N–H and O–H groups in total. The highest BCUT2D eigenvalue weighted by molar-refractivity contribution is 5.58. The smallest absolute Gasteiger partial charge is 0.107 e. The summed E-state index contributed by atoms with van der Waals surface area (Å²) < 4.78 is 5.77. The highest BCUT2D eigenvalue weighted by Crippen LogP contribution is 2.33. The van der Waals surface area contributed by atoms with Crippen LogP contribution < -0.4 is 4.90 Å². The lowest BCUT2D eigenvalue weighted by Crippen LogP contribution is -2.34. The Morgan fingerprint density at radius 2 is 1.36 bits per heavy atom. The third kappa shape index (κ3) is 4.98. The SMILES string of the molecule is C1=CC(N(C2=CCC(N(C3=CCCC=C3)c3ccccc3)C=C2)C2=COCCC=C2)=CCC1. The third-order valence-electron chi connectivity index (χ3n) is 6.32. The second-order valence-corrected chi connectivity index (χ2v) is 8.65. The van der Waals surface area contributed by atoms with E-state index in [1.54, 1.807) is 0 Å². The van der Waals surface area contributed by atoms with E-state index in [1.165, 1.54) is 22.8 Å². The number of ether oxygens (including phenoxy) is 1. The van der Waals surface area contributed by atoms with Gasteiger partial charge >= 0.3 is 0 Å². The predicted octanol–water partition coefficient (Wildman–Crippen LogP) is 7.29. The molecule has 1 aliphatic heterocycles. The zero-order valence-electron chi connectivity index (χ0n) is 19.1. The van der Waals surface area contributed by atoms with E-state index in [9.17, 15) is 0 Å². The summed E-state index contributed by atoms with van der Waals surface area (Å²) >= 11 is 0. The number of allylic oxidation sites excluding steroid dienone is 8. The van der Waals surface area contributed by atoms with Crippen LogP contribution in [0, 0.1) is 0 Å². The maximum absolute atomic E-state index is 5.77. The molecule has 0 aromatic heterocycles. The van der Waals surface area contributed by atoms with E-state index in [0.29, 0.717) is 0 Å². The number of benzene rings is 1. The van der Waals surface area contributed by atoms with Gasteiger partial charge in [-0.05, 0) is 75.0 Å². The molecule has 1 atom stereocenters. The van der Waals surface area contributed by atoms with Gasteiger partial charge in [-0.1, -0.05) is 60.7 Å². The lowest BCUT2D eigenvalue weighted by atomic mass is 10.00. The Hall–Kier alpha value is -3.46. The molecule has 0 amide bonds. The monoisotopic (exact) mass is 436 g/mol. The predicted molar refractivity (Wildman–Crippen MR) is 137 cm³/mol. The van der Waals surface area contributed by atoms with Gasteiger partial charge in [0.2, 0.25) is 0 Å². The fourth-order valence-corrected chi connectivity index (χ4v) is 4.72. The average molecular weight is 437 g/mol. The van der Waals surface area contributed by atoms with Gasteiger partial charge in [-0.15, -0.1) is 0 Å². The first-order chi connectivity index (χ1) is 16.4.